The molecule has 5 nitrogen and oxygen atoms in total. The van der Waals surface area contributed by atoms with E-state index in [-0.39, 0.29) is 11.8 Å². The van der Waals surface area contributed by atoms with Gasteiger partial charge in [-0.1, -0.05) is 23.4 Å². The minimum absolute atomic E-state index is 0.215. The average Bonchev–Trinajstić information content (AvgIpc) is 3.02. The van der Waals surface area contributed by atoms with E-state index in [2.05, 4.69) is 15.5 Å². The van der Waals surface area contributed by atoms with Crippen molar-refractivity contribution in [1.29, 1.82) is 0 Å². The Balaban J connectivity index is 1.75. The van der Waals surface area contributed by atoms with Crippen LogP contribution in [0.1, 0.15) is 36.2 Å². The van der Waals surface area contributed by atoms with Gasteiger partial charge in [0.1, 0.15) is 5.75 Å². The quantitative estimate of drug-likeness (QED) is 0.862. The van der Waals surface area contributed by atoms with E-state index in [9.17, 15) is 5.11 Å². The molecule has 94 valence electrons. The number of rotatable bonds is 3. The van der Waals surface area contributed by atoms with Gasteiger partial charge in [0.05, 0.1) is 12.5 Å². The number of nitrogens with zero attached hydrogens (tertiary/aromatic N) is 2. The molecule has 0 radical (unpaired) electrons. The number of benzene rings is 1. The first-order chi connectivity index (χ1) is 8.83. The molecule has 0 spiro atoms. The van der Waals surface area contributed by atoms with Gasteiger partial charge < -0.3 is 14.9 Å². The lowest BCUT2D eigenvalue weighted by Gasteiger charge is -2.02. The number of hydrogen-bond acceptors (Lipinski definition) is 5. The highest BCUT2D eigenvalue weighted by atomic mass is 16.5. The van der Waals surface area contributed by atoms with Crippen LogP contribution in [-0.2, 0) is 6.42 Å². The molecule has 2 aromatic rings. The highest BCUT2D eigenvalue weighted by Crippen LogP contribution is 2.22. The molecule has 0 aliphatic carbocycles. The van der Waals surface area contributed by atoms with E-state index in [1.165, 1.54) is 0 Å². The van der Waals surface area contributed by atoms with Crippen LogP contribution in [0.3, 0.4) is 0 Å². The second kappa shape index (κ2) is 4.78. The van der Waals surface area contributed by atoms with Crippen LogP contribution in [0.25, 0.3) is 0 Å². The summed E-state index contributed by atoms with van der Waals surface area (Å²) in [6.45, 7) is 1.01. The third-order valence-corrected chi connectivity index (χ3v) is 3.19. The molecule has 5 heteroatoms. The Hall–Kier alpha value is -1.88. The molecular formula is C13H15N3O2. The zero-order valence-corrected chi connectivity index (χ0v) is 9.97. The van der Waals surface area contributed by atoms with Crippen molar-refractivity contribution in [3.8, 4) is 5.75 Å². The summed E-state index contributed by atoms with van der Waals surface area (Å²) in [7, 11) is 0. The molecule has 1 aromatic carbocycles. The highest BCUT2D eigenvalue weighted by Gasteiger charge is 2.21. The Kier molecular flexibility index (Phi) is 2.98. The fourth-order valence-electron chi connectivity index (χ4n) is 2.21. The van der Waals surface area contributed by atoms with Gasteiger partial charge in [-0.15, -0.1) is 0 Å². The third-order valence-electron chi connectivity index (χ3n) is 3.19. The molecule has 1 saturated heterocycles. The average molecular weight is 245 g/mol. The molecule has 1 unspecified atom stereocenters. The zero-order valence-electron chi connectivity index (χ0n) is 9.97. The molecule has 1 atom stereocenters. The highest BCUT2D eigenvalue weighted by molar-refractivity contribution is 5.33. The lowest BCUT2D eigenvalue weighted by molar-refractivity contribution is 0.371. The van der Waals surface area contributed by atoms with Crippen molar-refractivity contribution in [2.45, 2.75) is 25.3 Å². The van der Waals surface area contributed by atoms with Gasteiger partial charge in [-0.05, 0) is 25.5 Å². The number of phenolic OH excluding ortho intramolecular Hbond substituents is 1. The number of aromatic hydroxyl groups is 1. The zero-order chi connectivity index (χ0) is 12.4. The molecule has 0 amide bonds. The minimum atomic E-state index is 0.215. The van der Waals surface area contributed by atoms with Gasteiger partial charge in [0.2, 0.25) is 5.89 Å². The standard InChI is InChI=1S/C13H15N3O2/c17-11-6-2-1-4-9(11)8-12-15-13(16-18-12)10-5-3-7-14-10/h1-2,4,6,10,14,17H,3,5,7-8H2. The molecule has 1 aromatic heterocycles. The van der Waals surface area contributed by atoms with E-state index >= 15 is 0 Å². The molecule has 3 rings (SSSR count). The van der Waals surface area contributed by atoms with Crippen molar-refractivity contribution >= 4 is 0 Å². The summed E-state index contributed by atoms with van der Waals surface area (Å²) in [5.41, 5.74) is 0.798. The summed E-state index contributed by atoms with van der Waals surface area (Å²) in [5, 5.41) is 17.0. The fraction of sp³-hybridized carbons (Fsp3) is 0.385. The largest absolute Gasteiger partial charge is 0.508 e. The number of para-hydroxylation sites is 1. The summed E-state index contributed by atoms with van der Waals surface area (Å²) in [6, 6.07) is 7.40. The van der Waals surface area contributed by atoms with Crippen LogP contribution in [0.2, 0.25) is 0 Å². The molecule has 1 aliphatic heterocycles. The second-order valence-corrected chi connectivity index (χ2v) is 4.50. The van der Waals surface area contributed by atoms with E-state index in [1.54, 1.807) is 12.1 Å². The van der Waals surface area contributed by atoms with Gasteiger partial charge >= 0.3 is 0 Å². The van der Waals surface area contributed by atoms with E-state index < -0.39 is 0 Å². The van der Waals surface area contributed by atoms with Gasteiger partial charge in [0, 0.05) is 5.56 Å². The predicted octanol–water partition coefficient (Wildman–Crippen LogP) is 1.79. The van der Waals surface area contributed by atoms with E-state index in [0.29, 0.717) is 12.3 Å². The van der Waals surface area contributed by atoms with Crippen LogP contribution < -0.4 is 5.32 Å². The Morgan fingerprint density at radius 1 is 1.39 bits per heavy atom. The van der Waals surface area contributed by atoms with E-state index in [1.807, 2.05) is 12.1 Å². The lowest BCUT2D eigenvalue weighted by Crippen LogP contribution is -2.14. The first-order valence-corrected chi connectivity index (χ1v) is 6.15. The van der Waals surface area contributed by atoms with Crippen molar-refractivity contribution in [2.24, 2.45) is 0 Å². The maximum Gasteiger partial charge on any atom is 0.231 e. The Morgan fingerprint density at radius 3 is 3.06 bits per heavy atom. The summed E-state index contributed by atoms with van der Waals surface area (Å²) in [4.78, 5) is 4.38. The SMILES string of the molecule is Oc1ccccc1Cc1nc(C2CCCN2)no1. The van der Waals surface area contributed by atoms with Gasteiger partial charge in [-0.2, -0.15) is 4.98 Å². The van der Waals surface area contributed by atoms with Crippen molar-refractivity contribution < 1.29 is 9.63 Å². The molecule has 2 heterocycles. The van der Waals surface area contributed by atoms with Gasteiger partial charge in [0.25, 0.3) is 0 Å². The van der Waals surface area contributed by atoms with Crippen LogP contribution in [0, 0.1) is 0 Å². The molecular weight excluding hydrogens is 230 g/mol. The van der Waals surface area contributed by atoms with Crippen LogP contribution in [0.4, 0.5) is 0 Å². The Bertz CT molecular complexity index is 533. The normalized spacial score (nSPS) is 19.2. The first-order valence-electron chi connectivity index (χ1n) is 6.15. The summed E-state index contributed by atoms with van der Waals surface area (Å²) in [5.74, 6) is 1.52. The summed E-state index contributed by atoms with van der Waals surface area (Å²) < 4.78 is 5.22. The van der Waals surface area contributed by atoms with Gasteiger partial charge in [-0.3, -0.25) is 0 Å². The fourth-order valence-corrected chi connectivity index (χ4v) is 2.21. The topological polar surface area (TPSA) is 71.2 Å². The van der Waals surface area contributed by atoms with Gasteiger partial charge in [0.15, 0.2) is 5.82 Å². The van der Waals surface area contributed by atoms with E-state index in [0.717, 1.165) is 30.8 Å². The van der Waals surface area contributed by atoms with Crippen LogP contribution in [-0.4, -0.2) is 21.8 Å². The first kappa shape index (κ1) is 11.2. The molecule has 2 N–H and O–H groups in total. The van der Waals surface area contributed by atoms with E-state index in [4.69, 9.17) is 4.52 Å². The van der Waals surface area contributed by atoms with Crippen molar-refractivity contribution in [2.75, 3.05) is 6.54 Å². The van der Waals surface area contributed by atoms with Crippen molar-refractivity contribution in [3.05, 3.63) is 41.5 Å². The molecule has 1 aliphatic rings. The van der Waals surface area contributed by atoms with Crippen LogP contribution in [0.15, 0.2) is 28.8 Å². The Labute approximate surface area is 105 Å². The molecule has 1 fully saturated rings. The summed E-state index contributed by atoms with van der Waals surface area (Å²) >= 11 is 0. The number of aromatic nitrogens is 2. The number of hydrogen-bond donors (Lipinski definition) is 2. The minimum Gasteiger partial charge on any atom is -0.508 e. The monoisotopic (exact) mass is 245 g/mol. The van der Waals surface area contributed by atoms with Crippen molar-refractivity contribution in [1.82, 2.24) is 15.5 Å². The smallest absolute Gasteiger partial charge is 0.231 e. The number of nitrogens with one attached hydrogen (secondary N) is 1. The van der Waals surface area contributed by atoms with Crippen molar-refractivity contribution in [3.63, 3.8) is 0 Å². The maximum atomic E-state index is 9.69. The molecule has 0 bridgehead atoms. The molecule has 18 heavy (non-hydrogen) atoms. The molecule has 0 saturated carbocycles. The summed E-state index contributed by atoms with van der Waals surface area (Å²) in [6.07, 6.45) is 2.66. The second-order valence-electron chi connectivity index (χ2n) is 4.50. The predicted molar refractivity (Wildman–Crippen MR) is 65.2 cm³/mol. The maximum absolute atomic E-state index is 9.69. The lowest BCUT2D eigenvalue weighted by atomic mass is 10.1. The number of phenols is 1. The Morgan fingerprint density at radius 2 is 2.28 bits per heavy atom. The van der Waals surface area contributed by atoms with Crippen LogP contribution in [0.5, 0.6) is 5.75 Å². The van der Waals surface area contributed by atoms with Crippen LogP contribution >= 0.6 is 0 Å². The third kappa shape index (κ3) is 2.22. The van der Waals surface area contributed by atoms with Gasteiger partial charge in [-0.25, -0.2) is 0 Å².